The van der Waals surface area contributed by atoms with Crippen LogP contribution in [0.3, 0.4) is 0 Å². The van der Waals surface area contributed by atoms with E-state index in [1.54, 1.807) is 0 Å². The molecule has 0 aliphatic heterocycles. The van der Waals surface area contributed by atoms with E-state index in [-0.39, 0.29) is 5.92 Å². The molecule has 0 heterocycles. The van der Waals surface area contributed by atoms with Gasteiger partial charge in [-0.3, -0.25) is 0 Å². The quantitative estimate of drug-likeness (QED) is 0.807. The van der Waals surface area contributed by atoms with E-state index < -0.39 is 11.6 Å². The van der Waals surface area contributed by atoms with Gasteiger partial charge >= 0.3 is 0 Å². The highest BCUT2D eigenvalue weighted by Crippen LogP contribution is 2.27. The normalized spacial score (nSPS) is 14.8. The molecule has 3 heteroatoms. The second-order valence-corrected chi connectivity index (χ2v) is 5.26. The molecule has 1 aromatic carbocycles. The average Bonchev–Trinajstić information content (AvgIpc) is 2.27. The van der Waals surface area contributed by atoms with Crippen molar-refractivity contribution in [3.63, 3.8) is 0 Å². The summed E-state index contributed by atoms with van der Waals surface area (Å²) in [5.74, 6) is -0.467. The summed E-state index contributed by atoms with van der Waals surface area (Å²) < 4.78 is 26.6. The predicted molar refractivity (Wildman–Crippen MR) is 71.7 cm³/mol. The number of hydrogen-bond acceptors (Lipinski definition) is 1. The number of hydrogen-bond donors (Lipinski definition) is 1. The summed E-state index contributed by atoms with van der Waals surface area (Å²) in [6.07, 6.45) is 0.989. The Hall–Kier alpha value is -0.960. The third-order valence-corrected chi connectivity index (χ3v) is 3.39. The summed E-state index contributed by atoms with van der Waals surface area (Å²) in [5, 5.41) is 3.35. The molecule has 1 nitrogen and oxygen atoms in total. The molecule has 0 aromatic heterocycles. The Morgan fingerprint density at radius 3 is 2.06 bits per heavy atom. The maximum Gasteiger partial charge on any atom is 0.126 e. The number of nitrogens with one attached hydrogen (secondary N) is 1. The molecule has 1 N–H and O–H groups in total. The number of halogens is 2. The fraction of sp³-hybridized carbons (Fsp3) is 0.600. The zero-order valence-electron chi connectivity index (χ0n) is 11.6. The molecule has 0 bridgehead atoms. The minimum absolute atomic E-state index is 0.141. The molecule has 0 radical (unpaired) electrons. The molecule has 0 amide bonds. The highest BCUT2D eigenvalue weighted by molar-refractivity contribution is 5.23. The van der Waals surface area contributed by atoms with Crippen LogP contribution in [0.1, 0.15) is 45.6 Å². The van der Waals surface area contributed by atoms with Gasteiger partial charge in [-0.15, -0.1) is 0 Å². The van der Waals surface area contributed by atoms with Crippen molar-refractivity contribution in [1.82, 2.24) is 5.32 Å². The van der Waals surface area contributed by atoms with Crippen molar-refractivity contribution in [3.8, 4) is 0 Å². The third kappa shape index (κ3) is 4.37. The fourth-order valence-electron chi connectivity index (χ4n) is 2.08. The predicted octanol–water partition coefficient (Wildman–Crippen LogP) is 4.09. The van der Waals surface area contributed by atoms with Gasteiger partial charge in [0.25, 0.3) is 0 Å². The van der Waals surface area contributed by atoms with Crippen LogP contribution < -0.4 is 5.32 Å². The van der Waals surface area contributed by atoms with Crippen LogP contribution in [0.5, 0.6) is 0 Å². The van der Waals surface area contributed by atoms with Crippen molar-refractivity contribution in [2.45, 2.75) is 46.1 Å². The van der Waals surface area contributed by atoms with Gasteiger partial charge in [-0.05, 0) is 29.5 Å². The van der Waals surface area contributed by atoms with E-state index >= 15 is 0 Å². The summed E-state index contributed by atoms with van der Waals surface area (Å²) in [6.45, 7) is 9.10. The molecule has 2 unspecified atom stereocenters. The van der Waals surface area contributed by atoms with E-state index in [0.717, 1.165) is 24.6 Å². The van der Waals surface area contributed by atoms with Gasteiger partial charge in [0.2, 0.25) is 0 Å². The number of benzene rings is 1. The third-order valence-electron chi connectivity index (χ3n) is 3.39. The van der Waals surface area contributed by atoms with Gasteiger partial charge in [0, 0.05) is 18.7 Å². The minimum atomic E-state index is -0.497. The first kappa shape index (κ1) is 15.1. The summed E-state index contributed by atoms with van der Waals surface area (Å²) in [6, 6.07) is 4.19. The lowest BCUT2D eigenvalue weighted by atomic mass is 9.85. The van der Waals surface area contributed by atoms with E-state index in [1.165, 1.54) is 12.1 Å². The summed E-state index contributed by atoms with van der Waals surface area (Å²) >= 11 is 0. The first-order valence-electron chi connectivity index (χ1n) is 6.63. The molecular formula is C15H23F2N. The Labute approximate surface area is 109 Å². The highest BCUT2D eigenvalue weighted by atomic mass is 19.1. The van der Waals surface area contributed by atoms with Gasteiger partial charge in [0.15, 0.2) is 0 Å². The molecule has 2 atom stereocenters. The molecule has 0 saturated heterocycles. The monoisotopic (exact) mass is 255 g/mol. The van der Waals surface area contributed by atoms with Crippen LogP contribution >= 0.6 is 0 Å². The Balaban J connectivity index is 2.93. The first-order valence-corrected chi connectivity index (χ1v) is 6.63. The summed E-state index contributed by atoms with van der Waals surface area (Å²) in [7, 11) is 0. The van der Waals surface area contributed by atoms with E-state index in [9.17, 15) is 8.78 Å². The molecule has 1 rings (SSSR count). The van der Waals surface area contributed by atoms with Crippen molar-refractivity contribution in [2.75, 3.05) is 6.54 Å². The second-order valence-electron chi connectivity index (χ2n) is 5.26. The van der Waals surface area contributed by atoms with Crippen LogP contribution in [-0.4, -0.2) is 12.6 Å². The molecule has 0 fully saturated rings. The van der Waals surface area contributed by atoms with Crippen molar-refractivity contribution < 1.29 is 8.78 Å². The number of rotatable bonds is 6. The van der Waals surface area contributed by atoms with Crippen molar-refractivity contribution in [2.24, 2.45) is 5.92 Å². The molecular weight excluding hydrogens is 232 g/mol. The lowest BCUT2D eigenvalue weighted by molar-refractivity contribution is 0.404. The van der Waals surface area contributed by atoms with Gasteiger partial charge in [0.1, 0.15) is 11.6 Å². The zero-order chi connectivity index (χ0) is 13.7. The standard InChI is InChI=1S/C15H23F2N/c1-5-11(4)15(9-18-10(2)3)12-6-13(16)8-14(17)7-12/h6-8,10-11,15,18H,5,9H2,1-4H3. The average molecular weight is 255 g/mol. The largest absolute Gasteiger partial charge is 0.314 e. The summed E-state index contributed by atoms with van der Waals surface area (Å²) in [4.78, 5) is 0. The second kappa shape index (κ2) is 6.83. The lowest BCUT2D eigenvalue weighted by Gasteiger charge is -2.25. The van der Waals surface area contributed by atoms with E-state index in [4.69, 9.17) is 0 Å². The van der Waals surface area contributed by atoms with Gasteiger partial charge in [-0.1, -0.05) is 34.1 Å². The lowest BCUT2D eigenvalue weighted by Crippen LogP contribution is -2.30. The Morgan fingerprint density at radius 1 is 1.06 bits per heavy atom. The molecule has 1 aromatic rings. The molecule has 0 aliphatic carbocycles. The van der Waals surface area contributed by atoms with E-state index in [1.807, 2.05) is 0 Å². The fourth-order valence-corrected chi connectivity index (χ4v) is 2.08. The molecule has 18 heavy (non-hydrogen) atoms. The van der Waals surface area contributed by atoms with Gasteiger partial charge in [0.05, 0.1) is 0 Å². The topological polar surface area (TPSA) is 12.0 Å². The van der Waals surface area contributed by atoms with Gasteiger partial charge in [-0.25, -0.2) is 8.78 Å². The molecule has 0 spiro atoms. The maximum absolute atomic E-state index is 13.3. The molecule has 0 saturated carbocycles. The zero-order valence-corrected chi connectivity index (χ0v) is 11.6. The smallest absolute Gasteiger partial charge is 0.126 e. The van der Waals surface area contributed by atoms with Crippen LogP contribution in [0.2, 0.25) is 0 Å². The highest BCUT2D eigenvalue weighted by Gasteiger charge is 2.19. The van der Waals surface area contributed by atoms with Crippen molar-refractivity contribution >= 4 is 0 Å². The SMILES string of the molecule is CCC(C)C(CNC(C)C)c1cc(F)cc(F)c1. The van der Waals surface area contributed by atoms with Crippen LogP contribution in [0.15, 0.2) is 18.2 Å². The van der Waals surface area contributed by atoms with Crippen LogP contribution in [0.4, 0.5) is 8.78 Å². The molecule has 102 valence electrons. The van der Waals surface area contributed by atoms with E-state index in [0.29, 0.717) is 12.0 Å². The van der Waals surface area contributed by atoms with Crippen LogP contribution in [0, 0.1) is 17.6 Å². The Bertz CT molecular complexity index is 357. The van der Waals surface area contributed by atoms with Gasteiger partial charge in [-0.2, -0.15) is 0 Å². The minimum Gasteiger partial charge on any atom is -0.314 e. The summed E-state index contributed by atoms with van der Waals surface area (Å²) in [5.41, 5.74) is 0.745. The van der Waals surface area contributed by atoms with Crippen molar-refractivity contribution in [3.05, 3.63) is 35.4 Å². The van der Waals surface area contributed by atoms with Crippen LogP contribution in [0.25, 0.3) is 0 Å². The van der Waals surface area contributed by atoms with E-state index in [2.05, 4.69) is 33.0 Å². The first-order chi connectivity index (χ1) is 8.43. The molecule has 0 aliphatic rings. The van der Waals surface area contributed by atoms with Crippen LogP contribution in [-0.2, 0) is 0 Å². The van der Waals surface area contributed by atoms with Gasteiger partial charge < -0.3 is 5.32 Å². The van der Waals surface area contributed by atoms with Crippen molar-refractivity contribution in [1.29, 1.82) is 0 Å². The maximum atomic E-state index is 13.3. The Kier molecular flexibility index (Phi) is 5.73. The Morgan fingerprint density at radius 2 is 1.61 bits per heavy atom.